The van der Waals surface area contributed by atoms with Crippen LogP contribution >= 0.6 is 0 Å². The van der Waals surface area contributed by atoms with E-state index >= 15 is 0 Å². The number of rotatable bonds is 11. The van der Waals surface area contributed by atoms with Crippen LogP contribution < -0.4 is 4.74 Å². The number of benzene rings is 1. The number of likely N-dealkylation sites (tertiary alicyclic amines) is 1. The van der Waals surface area contributed by atoms with Crippen molar-refractivity contribution in [2.75, 3.05) is 20.7 Å². The Kier molecular flexibility index (Phi) is 8.52. The first-order valence-corrected chi connectivity index (χ1v) is 9.63. The van der Waals surface area contributed by atoms with E-state index in [0.29, 0.717) is 0 Å². The van der Waals surface area contributed by atoms with Crippen molar-refractivity contribution in [2.24, 2.45) is 0 Å². The summed E-state index contributed by atoms with van der Waals surface area (Å²) in [7, 11) is 4.06. The zero-order valence-electron chi connectivity index (χ0n) is 15.2. The highest BCUT2D eigenvalue weighted by Gasteiger charge is 2.19. The van der Waals surface area contributed by atoms with E-state index in [4.69, 9.17) is 4.74 Å². The lowest BCUT2D eigenvalue weighted by molar-refractivity contribution is 0.289. The Labute approximate surface area is 143 Å². The molecule has 0 aliphatic carbocycles. The van der Waals surface area contributed by atoms with Gasteiger partial charge in [0, 0.05) is 6.04 Å². The van der Waals surface area contributed by atoms with Crippen molar-refractivity contribution < 1.29 is 4.74 Å². The van der Waals surface area contributed by atoms with E-state index in [9.17, 15) is 0 Å². The Balaban J connectivity index is 1.43. The maximum absolute atomic E-state index is 5.41. The van der Waals surface area contributed by atoms with Crippen LogP contribution in [-0.2, 0) is 6.42 Å². The fraction of sp³-hybridized carbons (Fsp3) is 0.714. The maximum atomic E-state index is 5.41. The van der Waals surface area contributed by atoms with Crippen LogP contribution in [0.15, 0.2) is 24.3 Å². The molecule has 0 N–H and O–H groups in total. The lowest BCUT2D eigenvalue weighted by Crippen LogP contribution is -2.24. The smallest absolute Gasteiger partial charge is 0.122 e. The van der Waals surface area contributed by atoms with Gasteiger partial charge in [-0.15, -0.1) is 0 Å². The third-order valence-corrected chi connectivity index (χ3v) is 5.35. The van der Waals surface area contributed by atoms with E-state index in [2.05, 4.69) is 30.1 Å². The van der Waals surface area contributed by atoms with Crippen LogP contribution in [0.25, 0.3) is 0 Å². The third-order valence-electron chi connectivity index (χ3n) is 5.35. The SMILES string of the molecule is COc1ccccc1CCCCCCCCCC1CCCN1C. The molecule has 1 aromatic rings. The fourth-order valence-corrected chi connectivity index (χ4v) is 3.83. The van der Waals surface area contributed by atoms with Gasteiger partial charge in [0.2, 0.25) is 0 Å². The van der Waals surface area contributed by atoms with Crippen molar-refractivity contribution in [3.05, 3.63) is 29.8 Å². The average Bonchev–Trinajstić information content (AvgIpc) is 2.98. The molecule has 1 aliphatic heterocycles. The van der Waals surface area contributed by atoms with E-state index < -0.39 is 0 Å². The molecule has 2 nitrogen and oxygen atoms in total. The highest BCUT2D eigenvalue weighted by atomic mass is 16.5. The first-order valence-electron chi connectivity index (χ1n) is 9.63. The minimum Gasteiger partial charge on any atom is -0.496 e. The number of ether oxygens (including phenoxy) is 1. The van der Waals surface area contributed by atoms with Crippen LogP contribution in [-0.4, -0.2) is 31.6 Å². The molecule has 1 fully saturated rings. The first-order chi connectivity index (χ1) is 11.3. The fourth-order valence-electron chi connectivity index (χ4n) is 3.83. The topological polar surface area (TPSA) is 12.5 Å². The van der Waals surface area contributed by atoms with Gasteiger partial charge in [-0.05, 0) is 57.3 Å². The molecule has 0 radical (unpaired) electrons. The van der Waals surface area contributed by atoms with E-state index in [-0.39, 0.29) is 0 Å². The predicted molar refractivity (Wildman–Crippen MR) is 99.3 cm³/mol. The molecule has 0 saturated carbocycles. The number of aryl methyl sites for hydroxylation is 1. The summed E-state index contributed by atoms with van der Waals surface area (Å²) in [5.41, 5.74) is 1.36. The number of para-hydroxylation sites is 1. The van der Waals surface area contributed by atoms with Crippen LogP contribution in [0.5, 0.6) is 5.75 Å². The van der Waals surface area contributed by atoms with E-state index in [1.165, 1.54) is 76.3 Å². The maximum Gasteiger partial charge on any atom is 0.122 e. The van der Waals surface area contributed by atoms with Crippen molar-refractivity contribution in [1.29, 1.82) is 0 Å². The van der Waals surface area contributed by atoms with Gasteiger partial charge in [-0.3, -0.25) is 0 Å². The normalized spacial score (nSPS) is 18.4. The highest BCUT2D eigenvalue weighted by Crippen LogP contribution is 2.22. The van der Waals surface area contributed by atoms with E-state index in [1.807, 2.05) is 6.07 Å². The van der Waals surface area contributed by atoms with Gasteiger partial charge in [-0.25, -0.2) is 0 Å². The number of hydrogen-bond donors (Lipinski definition) is 0. The molecule has 1 unspecified atom stereocenters. The van der Waals surface area contributed by atoms with Gasteiger partial charge in [0.15, 0.2) is 0 Å². The van der Waals surface area contributed by atoms with Crippen LogP contribution in [0.3, 0.4) is 0 Å². The summed E-state index contributed by atoms with van der Waals surface area (Å²) < 4.78 is 5.41. The molecule has 1 aliphatic rings. The van der Waals surface area contributed by atoms with Gasteiger partial charge in [-0.1, -0.05) is 56.7 Å². The Morgan fingerprint density at radius 3 is 2.39 bits per heavy atom. The minimum absolute atomic E-state index is 0.885. The van der Waals surface area contributed by atoms with Crippen molar-refractivity contribution in [1.82, 2.24) is 4.90 Å². The Bertz CT molecular complexity index is 432. The number of nitrogens with zero attached hydrogens (tertiary/aromatic N) is 1. The van der Waals surface area contributed by atoms with Gasteiger partial charge in [-0.2, -0.15) is 0 Å². The second-order valence-corrected chi connectivity index (χ2v) is 7.10. The zero-order chi connectivity index (χ0) is 16.3. The molecule has 0 aromatic heterocycles. The van der Waals surface area contributed by atoms with E-state index in [0.717, 1.165) is 18.2 Å². The summed E-state index contributed by atoms with van der Waals surface area (Å²) in [6, 6.07) is 9.30. The number of hydrogen-bond acceptors (Lipinski definition) is 2. The summed E-state index contributed by atoms with van der Waals surface area (Å²) in [4.78, 5) is 2.55. The van der Waals surface area contributed by atoms with Crippen LogP contribution in [0.2, 0.25) is 0 Å². The molecule has 1 aromatic carbocycles. The molecule has 23 heavy (non-hydrogen) atoms. The second-order valence-electron chi connectivity index (χ2n) is 7.10. The molecular weight excluding hydrogens is 282 g/mol. The lowest BCUT2D eigenvalue weighted by Gasteiger charge is -2.18. The van der Waals surface area contributed by atoms with Gasteiger partial charge in [0.25, 0.3) is 0 Å². The molecule has 1 saturated heterocycles. The third kappa shape index (κ3) is 6.55. The molecular formula is C21H35NO. The standard InChI is InChI=1S/C21H35NO/c1-22-18-12-16-20(22)15-9-7-5-3-4-6-8-13-19-14-10-11-17-21(19)23-2/h10-11,14,17,20H,3-9,12-13,15-16,18H2,1-2H3. The molecule has 1 heterocycles. The summed E-state index contributed by atoms with van der Waals surface area (Å²) >= 11 is 0. The van der Waals surface area contributed by atoms with Crippen LogP contribution in [0.1, 0.15) is 69.8 Å². The largest absolute Gasteiger partial charge is 0.496 e. The van der Waals surface area contributed by atoms with Crippen molar-refractivity contribution in [2.45, 2.75) is 76.7 Å². The monoisotopic (exact) mass is 317 g/mol. The van der Waals surface area contributed by atoms with Crippen LogP contribution in [0.4, 0.5) is 0 Å². The van der Waals surface area contributed by atoms with Gasteiger partial charge in [0.05, 0.1) is 7.11 Å². The van der Waals surface area contributed by atoms with Crippen molar-refractivity contribution in [3.63, 3.8) is 0 Å². The molecule has 0 spiro atoms. The van der Waals surface area contributed by atoms with Crippen LogP contribution in [0, 0.1) is 0 Å². The molecule has 0 amide bonds. The Hall–Kier alpha value is -1.02. The summed E-state index contributed by atoms with van der Waals surface area (Å²) in [6.45, 7) is 1.32. The average molecular weight is 318 g/mol. The number of methoxy groups -OCH3 is 1. The Morgan fingerprint density at radius 2 is 1.70 bits per heavy atom. The molecule has 2 rings (SSSR count). The molecule has 2 heteroatoms. The molecule has 130 valence electrons. The molecule has 1 atom stereocenters. The first kappa shape index (κ1) is 18.3. The second kappa shape index (κ2) is 10.7. The van der Waals surface area contributed by atoms with Gasteiger partial charge < -0.3 is 9.64 Å². The predicted octanol–water partition coefficient (Wildman–Crippen LogP) is 5.45. The molecule has 0 bridgehead atoms. The van der Waals surface area contributed by atoms with Gasteiger partial charge >= 0.3 is 0 Å². The van der Waals surface area contributed by atoms with Crippen molar-refractivity contribution in [3.8, 4) is 5.75 Å². The summed E-state index contributed by atoms with van der Waals surface area (Å²) in [6.07, 6.45) is 15.1. The lowest BCUT2D eigenvalue weighted by atomic mass is 10.0. The minimum atomic E-state index is 0.885. The quantitative estimate of drug-likeness (QED) is 0.503. The van der Waals surface area contributed by atoms with Crippen molar-refractivity contribution >= 4 is 0 Å². The zero-order valence-corrected chi connectivity index (χ0v) is 15.2. The number of unbranched alkanes of at least 4 members (excludes halogenated alkanes) is 6. The van der Waals surface area contributed by atoms with E-state index in [1.54, 1.807) is 7.11 Å². The van der Waals surface area contributed by atoms with Gasteiger partial charge in [0.1, 0.15) is 5.75 Å². The Morgan fingerprint density at radius 1 is 1.00 bits per heavy atom. The highest BCUT2D eigenvalue weighted by molar-refractivity contribution is 5.33. The summed E-state index contributed by atoms with van der Waals surface area (Å²) in [5, 5.41) is 0. The summed E-state index contributed by atoms with van der Waals surface area (Å²) in [5.74, 6) is 1.05.